The summed E-state index contributed by atoms with van der Waals surface area (Å²) in [5, 5.41) is 20.4. The van der Waals surface area contributed by atoms with Gasteiger partial charge < -0.3 is 24.8 Å². The van der Waals surface area contributed by atoms with Crippen LogP contribution in [0, 0.1) is 0 Å². The molecular formula is C24H50N2O4. The number of hydrogen-bond donors (Lipinski definition) is 2. The second-order valence-corrected chi connectivity index (χ2v) is 8.96. The van der Waals surface area contributed by atoms with E-state index in [0.29, 0.717) is 6.42 Å². The minimum atomic E-state index is -1.44. The van der Waals surface area contributed by atoms with Crippen molar-refractivity contribution >= 4 is 11.9 Å². The minimum Gasteiger partial charge on any atom is -0.547 e. The van der Waals surface area contributed by atoms with E-state index in [2.05, 4.69) is 33.3 Å². The Hall–Kier alpha value is -1.14. The Morgan fingerprint density at radius 1 is 0.867 bits per heavy atom. The number of quaternary nitrogens is 1. The van der Waals surface area contributed by atoms with Gasteiger partial charge in [0.2, 0.25) is 5.91 Å². The zero-order valence-corrected chi connectivity index (χ0v) is 20.5. The topological polar surface area (TPSA) is 89.5 Å². The fraction of sp³-hybridized carbons (Fsp3) is 0.917. The first-order chi connectivity index (χ1) is 14.2. The molecule has 180 valence electrons. The molecule has 0 aromatic heterocycles. The third-order valence-corrected chi connectivity index (χ3v) is 5.47. The number of carbonyl (C=O) groups excluding carboxylic acids is 2. The van der Waals surface area contributed by atoms with E-state index in [9.17, 15) is 14.7 Å². The summed E-state index contributed by atoms with van der Waals surface area (Å²) in [6.07, 6.45) is 15.1. The van der Waals surface area contributed by atoms with Crippen LogP contribution < -0.4 is 10.4 Å². The predicted octanol–water partition coefficient (Wildman–Crippen LogP) is 3.41. The van der Waals surface area contributed by atoms with Crippen molar-refractivity contribution in [2.24, 2.45) is 0 Å². The summed E-state index contributed by atoms with van der Waals surface area (Å²) in [7, 11) is 4.49. The number of rotatable bonds is 18. The standard InChI is InChI=1S/C21H44N2O.C3H6O3/c1-5-7-8-9-10-11-12-13-14-15-16-18-21(24)22-19-17-20-23(3,4)6-2;1-2(4)3(5)6/h5-20H2,1-4H3;2,4H,1H3,(H,5,6). The molecule has 0 heterocycles. The van der Waals surface area contributed by atoms with Gasteiger partial charge in [0, 0.05) is 19.4 Å². The van der Waals surface area contributed by atoms with Crippen molar-refractivity contribution in [1.29, 1.82) is 0 Å². The molecule has 0 aliphatic rings. The van der Waals surface area contributed by atoms with Crippen LogP contribution in [0.15, 0.2) is 0 Å². The van der Waals surface area contributed by atoms with Crippen molar-refractivity contribution in [1.82, 2.24) is 5.32 Å². The molecule has 2 N–H and O–H groups in total. The van der Waals surface area contributed by atoms with Gasteiger partial charge in [0.15, 0.2) is 0 Å². The number of carboxylic acid groups (broad SMARTS) is 1. The Labute approximate surface area is 186 Å². The lowest BCUT2D eigenvalue weighted by Crippen LogP contribution is -2.41. The van der Waals surface area contributed by atoms with Crippen LogP contribution in [0.2, 0.25) is 0 Å². The first kappa shape index (κ1) is 31.0. The summed E-state index contributed by atoms with van der Waals surface area (Å²) < 4.78 is 1.04. The monoisotopic (exact) mass is 430 g/mol. The highest BCUT2D eigenvalue weighted by Crippen LogP contribution is 2.11. The molecule has 6 nitrogen and oxygen atoms in total. The van der Waals surface area contributed by atoms with E-state index in [1.54, 1.807) is 0 Å². The number of nitrogens with one attached hydrogen (secondary N) is 1. The van der Waals surface area contributed by atoms with E-state index in [1.165, 1.54) is 64.2 Å². The van der Waals surface area contributed by atoms with Crippen molar-refractivity contribution in [3.63, 3.8) is 0 Å². The van der Waals surface area contributed by atoms with Crippen LogP contribution in [0.3, 0.4) is 0 Å². The molecule has 0 rings (SSSR count). The number of carbonyl (C=O) groups is 2. The zero-order chi connectivity index (χ0) is 23.3. The maximum Gasteiger partial charge on any atom is 0.219 e. The van der Waals surface area contributed by atoms with Gasteiger partial charge in [0.1, 0.15) is 0 Å². The molecule has 0 aliphatic carbocycles. The van der Waals surface area contributed by atoms with E-state index >= 15 is 0 Å². The van der Waals surface area contributed by atoms with Crippen molar-refractivity contribution in [3.05, 3.63) is 0 Å². The van der Waals surface area contributed by atoms with Crippen LogP contribution in [-0.4, -0.2) is 61.3 Å². The highest BCUT2D eigenvalue weighted by atomic mass is 16.4. The summed E-state index contributed by atoms with van der Waals surface area (Å²) in [5.41, 5.74) is 0. The molecular weight excluding hydrogens is 380 g/mol. The van der Waals surface area contributed by atoms with Gasteiger partial charge in [-0.2, -0.15) is 0 Å². The molecule has 0 aromatic rings. The average molecular weight is 431 g/mol. The third kappa shape index (κ3) is 24.9. The number of aliphatic hydroxyl groups is 1. The summed E-state index contributed by atoms with van der Waals surface area (Å²) >= 11 is 0. The number of unbranched alkanes of at least 4 members (excludes halogenated alkanes) is 10. The summed E-state index contributed by atoms with van der Waals surface area (Å²) in [4.78, 5) is 21.1. The number of nitrogens with zero attached hydrogens (tertiary/aromatic N) is 1. The molecule has 0 aromatic carbocycles. The zero-order valence-electron chi connectivity index (χ0n) is 20.5. The van der Waals surface area contributed by atoms with Crippen molar-refractivity contribution in [2.75, 3.05) is 33.7 Å². The van der Waals surface area contributed by atoms with E-state index < -0.39 is 12.1 Å². The van der Waals surface area contributed by atoms with Crippen LogP contribution in [0.25, 0.3) is 0 Å². The lowest BCUT2D eigenvalue weighted by atomic mass is 10.1. The van der Waals surface area contributed by atoms with E-state index in [4.69, 9.17) is 5.11 Å². The Morgan fingerprint density at radius 3 is 1.70 bits per heavy atom. The number of amides is 1. The smallest absolute Gasteiger partial charge is 0.219 e. The molecule has 1 atom stereocenters. The van der Waals surface area contributed by atoms with Crippen molar-refractivity contribution in [2.45, 2.75) is 110 Å². The molecule has 0 spiro atoms. The SMILES string of the molecule is CC(O)C(=O)[O-].CCCCCCCCCCCCCC(=O)NCCC[N+](C)(C)CC. The first-order valence-corrected chi connectivity index (χ1v) is 12.1. The van der Waals surface area contributed by atoms with Crippen LogP contribution in [0.4, 0.5) is 0 Å². The van der Waals surface area contributed by atoms with E-state index in [0.717, 1.165) is 43.9 Å². The Kier molecular flexibility index (Phi) is 21.8. The molecule has 0 bridgehead atoms. The highest BCUT2D eigenvalue weighted by molar-refractivity contribution is 5.75. The number of aliphatic hydroxyl groups excluding tert-OH is 1. The fourth-order valence-corrected chi connectivity index (χ4v) is 2.93. The molecule has 0 fully saturated rings. The summed E-state index contributed by atoms with van der Waals surface area (Å²) in [6, 6.07) is 0. The number of carboxylic acids is 1. The molecule has 0 saturated heterocycles. The lowest BCUT2D eigenvalue weighted by molar-refractivity contribution is -0.888. The molecule has 0 radical (unpaired) electrons. The molecule has 30 heavy (non-hydrogen) atoms. The number of hydrogen-bond acceptors (Lipinski definition) is 4. The summed E-state index contributed by atoms with van der Waals surface area (Å²) in [5.74, 6) is -1.19. The van der Waals surface area contributed by atoms with Gasteiger partial charge in [-0.15, -0.1) is 0 Å². The van der Waals surface area contributed by atoms with Crippen molar-refractivity contribution in [3.8, 4) is 0 Å². The fourth-order valence-electron chi connectivity index (χ4n) is 2.93. The second-order valence-electron chi connectivity index (χ2n) is 8.96. The lowest BCUT2D eigenvalue weighted by Gasteiger charge is -2.28. The molecule has 6 heteroatoms. The molecule has 0 saturated carbocycles. The van der Waals surface area contributed by atoms with E-state index in [1.807, 2.05) is 0 Å². The Bertz CT molecular complexity index is 412. The normalized spacial score (nSPS) is 12.1. The van der Waals surface area contributed by atoms with Crippen LogP contribution in [0.5, 0.6) is 0 Å². The van der Waals surface area contributed by atoms with Gasteiger partial charge in [-0.05, 0) is 20.3 Å². The van der Waals surface area contributed by atoms with Gasteiger partial charge in [-0.25, -0.2) is 0 Å². The minimum absolute atomic E-state index is 0.243. The van der Waals surface area contributed by atoms with E-state index in [-0.39, 0.29) is 5.91 Å². The Morgan fingerprint density at radius 2 is 1.30 bits per heavy atom. The maximum atomic E-state index is 11.8. The predicted molar refractivity (Wildman–Crippen MR) is 123 cm³/mol. The van der Waals surface area contributed by atoms with Gasteiger partial charge in [0.25, 0.3) is 0 Å². The third-order valence-electron chi connectivity index (χ3n) is 5.47. The highest BCUT2D eigenvalue weighted by Gasteiger charge is 2.10. The maximum absolute atomic E-state index is 11.8. The molecule has 1 unspecified atom stereocenters. The molecule has 0 aliphatic heterocycles. The van der Waals surface area contributed by atoms with Gasteiger partial charge in [-0.3, -0.25) is 4.79 Å². The average Bonchev–Trinajstić information content (AvgIpc) is 2.70. The van der Waals surface area contributed by atoms with Crippen molar-refractivity contribution < 1.29 is 24.3 Å². The Balaban J connectivity index is 0. The van der Waals surface area contributed by atoms with Gasteiger partial charge in [-0.1, -0.05) is 71.1 Å². The van der Waals surface area contributed by atoms with Crippen LogP contribution in [0.1, 0.15) is 104 Å². The quantitative estimate of drug-likeness (QED) is 0.258. The first-order valence-electron chi connectivity index (χ1n) is 12.1. The largest absolute Gasteiger partial charge is 0.547 e. The number of aliphatic carboxylic acids is 1. The van der Waals surface area contributed by atoms with Crippen LogP contribution >= 0.6 is 0 Å². The van der Waals surface area contributed by atoms with Gasteiger partial charge in [0.05, 0.1) is 39.3 Å². The van der Waals surface area contributed by atoms with Crippen LogP contribution in [-0.2, 0) is 9.59 Å². The summed E-state index contributed by atoms with van der Waals surface area (Å²) in [6.45, 7) is 8.73. The second kappa shape index (κ2) is 21.1. The molecule has 1 amide bonds. The van der Waals surface area contributed by atoms with Gasteiger partial charge >= 0.3 is 0 Å².